The number of unbranched alkanes of at least 4 members (excludes halogenated alkanes) is 1. The van der Waals surface area contributed by atoms with Gasteiger partial charge in [-0.05, 0) is 31.6 Å². The van der Waals surface area contributed by atoms with Crippen molar-refractivity contribution in [2.45, 2.75) is 32.7 Å². The number of piperazine rings is 1. The van der Waals surface area contributed by atoms with Crippen molar-refractivity contribution in [2.75, 3.05) is 59.2 Å². The fourth-order valence-corrected chi connectivity index (χ4v) is 4.17. The van der Waals surface area contributed by atoms with Crippen LogP contribution in [0, 0.1) is 0 Å². The van der Waals surface area contributed by atoms with Gasteiger partial charge in [0.15, 0.2) is 11.5 Å². The van der Waals surface area contributed by atoms with E-state index < -0.39 is 0 Å². The molecule has 1 amide bonds. The van der Waals surface area contributed by atoms with Gasteiger partial charge in [-0.1, -0.05) is 37.6 Å². The molecule has 1 aliphatic rings. The minimum atomic E-state index is 0.207. The molecule has 10 nitrogen and oxygen atoms in total. The molecule has 0 aliphatic carbocycles. The zero-order valence-electron chi connectivity index (χ0n) is 21.0. The molecule has 0 spiro atoms. The highest BCUT2D eigenvalue weighted by Gasteiger charge is 2.21. The van der Waals surface area contributed by atoms with Gasteiger partial charge in [0.25, 0.3) is 0 Å². The van der Waals surface area contributed by atoms with Gasteiger partial charge in [-0.2, -0.15) is 4.98 Å². The maximum Gasteiger partial charge on any atom is 0.336 e. The van der Waals surface area contributed by atoms with E-state index in [1.54, 1.807) is 10.7 Å². The summed E-state index contributed by atoms with van der Waals surface area (Å²) >= 11 is 0. The first-order valence-electron chi connectivity index (χ1n) is 12.3. The number of rotatable bonds is 10. The molecule has 35 heavy (non-hydrogen) atoms. The number of carbonyl (C=O) groups excluding carboxylic acids is 1. The molecule has 0 saturated carbocycles. The van der Waals surface area contributed by atoms with Gasteiger partial charge in [0.2, 0.25) is 5.91 Å². The zero-order valence-corrected chi connectivity index (χ0v) is 21.0. The second-order valence-electron chi connectivity index (χ2n) is 9.35. The Kier molecular flexibility index (Phi) is 8.14. The number of nitrogen functional groups attached to an aromatic ring is 1. The van der Waals surface area contributed by atoms with Crippen LogP contribution in [0.1, 0.15) is 36.6 Å². The van der Waals surface area contributed by atoms with Crippen molar-refractivity contribution in [3.8, 4) is 6.01 Å². The number of benzene rings is 1. The van der Waals surface area contributed by atoms with E-state index in [-0.39, 0.29) is 11.9 Å². The van der Waals surface area contributed by atoms with Gasteiger partial charge in [0.05, 0.1) is 25.0 Å². The van der Waals surface area contributed by atoms with Crippen molar-refractivity contribution >= 4 is 17.4 Å². The monoisotopic (exact) mass is 480 g/mol. The van der Waals surface area contributed by atoms with Crippen LogP contribution in [0.4, 0.5) is 5.82 Å². The van der Waals surface area contributed by atoms with E-state index in [4.69, 9.17) is 10.5 Å². The van der Waals surface area contributed by atoms with Gasteiger partial charge >= 0.3 is 6.01 Å². The number of hydrogen-bond donors (Lipinski definition) is 1. The fraction of sp³-hybridized carbons (Fsp3) is 0.520. The standard InChI is InChI=1S/C25H36N8O2/c1-4-5-14-35-25-28-23(26)24-27-16-21(33(24)29-25)15-19-6-8-20(9-7-19)17-31-10-12-32(13-11-31)22(34)18-30(2)3/h6-9,16H,4-5,10-15,17-18H2,1-3H3,(H2,26,28,29). The number of ether oxygens (including phenoxy) is 1. The third kappa shape index (κ3) is 6.46. The number of aromatic nitrogens is 4. The minimum absolute atomic E-state index is 0.207. The van der Waals surface area contributed by atoms with Crippen LogP contribution in [0.25, 0.3) is 5.65 Å². The molecular formula is C25H36N8O2. The first-order valence-corrected chi connectivity index (χ1v) is 12.3. The molecule has 4 rings (SSSR count). The normalized spacial score (nSPS) is 14.7. The fourth-order valence-electron chi connectivity index (χ4n) is 4.17. The van der Waals surface area contributed by atoms with Crippen LogP contribution in [0.2, 0.25) is 0 Å². The summed E-state index contributed by atoms with van der Waals surface area (Å²) in [5.41, 5.74) is 9.98. The highest BCUT2D eigenvalue weighted by Crippen LogP contribution is 2.18. The summed E-state index contributed by atoms with van der Waals surface area (Å²) in [6.07, 6.45) is 4.45. The number of nitrogens with two attached hydrogens (primary N) is 1. The average molecular weight is 481 g/mol. The van der Waals surface area contributed by atoms with Crippen molar-refractivity contribution < 1.29 is 9.53 Å². The smallest absolute Gasteiger partial charge is 0.336 e. The summed E-state index contributed by atoms with van der Waals surface area (Å²) in [6.45, 7) is 7.39. The molecule has 188 valence electrons. The van der Waals surface area contributed by atoms with Crippen LogP contribution in [-0.4, -0.2) is 93.6 Å². The number of nitrogens with zero attached hydrogens (tertiary/aromatic N) is 7. The van der Waals surface area contributed by atoms with Gasteiger partial charge in [0, 0.05) is 39.1 Å². The van der Waals surface area contributed by atoms with Gasteiger partial charge in [-0.25, -0.2) is 9.50 Å². The number of imidazole rings is 1. The maximum absolute atomic E-state index is 12.3. The van der Waals surface area contributed by atoms with Crippen LogP contribution in [-0.2, 0) is 17.8 Å². The van der Waals surface area contributed by atoms with Crippen molar-refractivity contribution in [3.63, 3.8) is 0 Å². The van der Waals surface area contributed by atoms with E-state index in [0.717, 1.165) is 51.3 Å². The average Bonchev–Trinajstić information content (AvgIpc) is 3.24. The number of hydrogen-bond acceptors (Lipinski definition) is 8. The lowest BCUT2D eigenvalue weighted by Gasteiger charge is -2.35. The van der Waals surface area contributed by atoms with Crippen LogP contribution in [0.3, 0.4) is 0 Å². The Morgan fingerprint density at radius 1 is 1.11 bits per heavy atom. The molecule has 2 N–H and O–H groups in total. The summed E-state index contributed by atoms with van der Waals surface area (Å²) in [4.78, 5) is 27.2. The molecule has 3 aromatic rings. The number of fused-ring (bicyclic) bond motifs is 1. The van der Waals surface area contributed by atoms with Crippen LogP contribution in [0.15, 0.2) is 30.5 Å². The molecule has 2 aromatic heterocycles. The van der Waals surface area contributed by atoms with E-state index >= 15 is 0 Å². The molecule has 0 bridgehead atoms. The molecule has 0 atom stereocenters. The first-order chi connectivity index (χ1) is 16.9. The number of likely N-dealkylation sites (N-methyl/N-ethyl adjacent to an activating group) is 1. The van der Waals surface area contributed by atoms with Gasteiger partial charge in [0.1, 0.15) is 0 Å². The summed E-state index contributed by atoms with van der Waals surface area (Å²) in [5, 5.41) is 4.50. The van der Waals surface area contributed by atoms with Crippen LogP contribution < -0.4 is 10.5 Å². The third-order valence-electron chi connectivity index (χ3n) is 6.16. The summed E-state index contributed by atoms with van der Waals surface area (Å²) < 4.78 is 7.39. The van der Waals surface area contributed by atoms with Crippen molar-refractivity contribution in [1.29, 1.82) is 0 Å². The molecule has 3 heterocycles. The summed E-state index contributed by atoms with van der Waals surface area (Å²) in [5.74, 6) is 0.523. The number of carbonyl (C=O) groups is 1. The van der Waals surface area contributed by atoms with Gasteiger partial charge < -0.3 is 20.3 Å². The SMILES string of the molecule is CCCCOc1nc(N)c2ncc(Cc3ccc(CN4CCN(C(=O)CN(C)C)CC4)cc3)n2n1. The molecule has 0 radical (unpaired) electrons. The lowest BCUT2D eigenvalue weighted by Crippen LogP contribution is -2.50. The molecule has 1 saturated heterocycles. The number of amides is 1. The lowest BCUT2D eigenvalue weighted by molar-refractivity contribution is -0.133. The van der Waals surface area contributed by atoms with Crippen molar-refractivity contribution in [2.24, 2.45) is 0 Å². The number of anilines is 1. The van der Waals surface area contributed by atoms with Crippen LogP contribution in [0.5, 0.6) is 6.01 Å². The Bertz CT molecular complexity index is 1120. The predicted octanol–water partition coefficient (Wildman–Crippen LogP) is 1.68. The summed E-state index contributed by atoms with van der Waals surface area (Å²) in [6, 6.07) is 8.92. The molecule has 0 unspecified atom stereocenters. The van der Waals surface area contributed by atoms with E-state index in [1.165, 1.54) is 11.1 Å². The predicted molar refractivity (Wildman–Crippen MR) is 135 cm³/mol. The van der Waals surface area contributed by atoms with Crippen molar-refractivity contribution in [1.82, 2.24) is 34.3 Å². The lowest BCUT2D eigenvalue weighted by atomic mass is 10.1. The van der Waals surface area contributed by atoms with E-state index in [0.29, 0.717) is 31.0 Å². The molecule has 1 aliphatic heterocycles. The van der Waals surface area contributed by atoms with E-state index in [1.807, 2.05) is 23.9 Å². The molecule has 1 fully saturated rings. The summed E-state index contributed by atoms with van der Waals surface area (Å²) in [7, 11) is 3.85. The van der Waals surface area contributed by atoms with Crippen LogP contribution >= 0.6 is 0 Å². The van der Waals surface area contributed by atoms with E-state index in [2.05, 4.69) is 51.2 Å². The van der Waals surface area contributed by atoms with Gasteiger partial charge in [-0.3, -0.25) is 9.69 Å². The highest BCUT2D eigenvalue weighted by atomic mass is 16.5. The highest BCUT2D eigenvalue weighted by molar-refractivity contribution is 5.78. The van der Waals surface area contributed by atoms with Crippen molar-refractivity contribution in [3.05, 3.63) is 47.3 Å². The van der Waals surface area contributed by atoms with Gasteiger partial charge in [-0.15, -0.1) is 5.10 Å². The third-order valence-corrected chi connectivity index (χ3v) is 6.16. The first kappa shape index (κ1) is 24.9. The second kappa shape index (κ2) is 11.5. The zero-order chi connectivity index (χ0) is 24.8. The van der Waals surface area contributed by atoms with E-state index in [9.17, 15) is 4.79 Å². The Morgan fingerprint density at radius 2 is 1.83 bits per heavy atom. The maximum atomic E-state index is 12.3. The second-order valence-corrected chi connectivity index (χ2v) is 9.35. The Morgan fingerprint density at radius 3 is 2.51 bits per heavy atom. The largest absolute Gasteiger partial charge is 0.462 e. The minimum Gasteiger partial charge on any atom is -0.462 e. The quantitative estimate of drug-likeness (QED) is 0.437. The Balaban J connectivity index is 1.34. The molecule has 10 heteroatoms. The molecular weight excluding hydrogens is 444 g/mol. The molecule has 1 aromatic carbocycles. The topological polar surface area (TPSA) is 105 Å². The Labute approximate surface area is 206 Å². The Hall–Kier alpha value is -3.24.